The van der Waals surface area contributed by atoms with Gasteiger partial charge >= 0.3 is 6.03 Å². The molecule has 2 aromatic rings. The Bertz CT molecular complexity index is 657. The van der Waals surface area contributed by atoms with Gasteiger partial charge in [-0.2, -0.15) is 0 Å². The number of benzene rings is 1. The van der Waals surface area contributed by atoms with Crippen molar-refractivity contribution in [2.24, 2.45) is 0 Å². The van der Waals surface area contributed by atoms with Crippen LogP contribution in [0.5, 0.6) is 11.6 Å². The van der Waals surface area contributed by atoms with Gasteiger partial charge in [-0.1, -0.05) is 6.07 Å². The molecule has 122 valence electrons. The van der Waals surface area contributed by atoms with Crippen molar-refractivity contribution < 1.29 is 14.3 Å². The summed E-state index contributed by atoms with van der Waals surface area (Å²) in [7, 11) is 1.58. The van der Waals surface area contributed by atoms with E-state index in [4.69, 9.17) is 9.47 Å². The number of anilines is 1. The third-order valence-electron chi connectivity index (χ3n) is 3.29. The number of ether oxygens (including phenoxy) is 2. The normalized spacial score (nSPS) is 10.2. The maximum absolute atomic E-state index is 11.6. The van der Waals surface area contributed by atoms with Crippen molar-refractivity contribution in [3.8, 4) is 11.6 Å². The van der Waals surface area contributed by atoms with Gasteiger partial charge < -0.3 is 20.1 Å². The number of nitrogens with one attached hydrogen (secondary N) is 2. The number of amides is 2. The molecule has 0 unspecified atom stereocenters. The highest BCUT2D eigenvalue weighted by Crippen LogP contribution is 2.22. The predicted octanol–water partition coefficient (Wildman–Crippen LogP) is 3.26. The summed E-state index contributed by atoms with van der Waals surface area (Å²) in [6.07, 6.45) is 1.55. The minimum atomic E-state index is -0.299. The molecule has 2 amide bonds. The molecule has 0 aliphatic rings. The number of hydrogen-bond donors (Lipinski definition) is 2. The molecule has 0 spiro atoms. The molecular formula is C17H21N3O3. The Labute approximate surface area is 135 Å². The fourth-order valence-corrected chi connectivity index (χ4v) is 1.85. The van der Waals surface area contributed by atoms with Gasteiger partial charge in [0.2, 0.25) is 5.88 Å². The Morgan fingerprint density at radius 3 is 2.65 bits per heavy atom. The highest BCUT2D eigenvalue weighted by Gasteiger charge is 2.04. The Hall–Kier alpha value is -2.60. The van der Waals surface area contributed by atoms with Crippen LogP contribution in [0.25, 0.3) is 0 Å². The zero-order valence-electron chi connectivity index (χ0n) is 13.6. The zero-order chi connectivity index (χ0) is 16.7. The fraction of sp³-hybridized carbons (Fsp3) is 0.294. The van der Waals surface area contributed by atoms with E-state index in [1.807, 2.05) is 25.1 Å². The second-order valence-corrected chi connectivity index (χ2v) is 5.11. The summed E-state index contributed by atoms with van der Waals surface area (Å²) in [4.78, 5) is 15.8. The van der Waals surface area contributed by atoms with E-state index in [9.17, 15) is 4.79 Å². The summed E-state index contributed by atoms with van der Waals surface area (Å²) in [5, 5.41) is 5.35. The van der Waals surface area contributed by atoms with E-state index in [1.165, 1.54) is 5.56 Å². The van der Waals surface area contributed by atoms with Gasteiger partial charge in [0.1, 0.15) is 5.75 Å². The van der Waals surface area contributed by atoms with Gasteiger partial charge in [0, 0.05) is 19.7 Å². The first-order valence-electron chi connectivity index (χ1n) is 7.33. The van der Waals surface area contributed by atoms with Crippen LogP contribution in [0, 0.1) is 13.8 Å². The molecule has 0 atom stereocenters. The lowest BCUT2D eigenvalue weighted by atomic mass is 10.1. The molecular weight excluding hydrogens is 294 g/mol. The molecule has 0 saturated carbocycles. The van der Waals surface area contributed by atoms with Crippen molar-refractivity contribution in [3.05, 3.63) is 47.7 Å². The topological polar surface area (TPSA) is 72.5 Å². The van der Waals surface area contributed by atoms with Crippen LogP contribution in [0.15, 0.2) is 36.5 Å². The van der Waals surface area contributed by atoms with E-state index in [0.29, 0.717) is 24.7 Å². The Morgan fingerprint density at radius 1 is 1.17 bits per heavy atom. The van der Waals surface area contributed by atoms with Gasteiger partial charge in [0.25, 0.3) is 0 Å². The average molecular weight is 315 g/mol. The van der Waals surface area contributed by atoms with Crippen molar-refractivity contribution in [1.82, 2.24) is 10.3 Å². The largest absolute Gasteiger partial charge is 0.439 e. The van der Waals surface area contributed by atoms with Crippen LogP contribution in [0.4, 0.5) is 10.5 Å². The Kier molecular flexibility index (Phi) is 5.94. The smallest absolute Gasteiger partial charge is 0.319 e. The standard InChI is InChI=1S/C17H21N3O3/c1-12-4-6-15(10-13(12)2)23-16-7-5-14(11-19-16)20-17(21)18-8-9-22-3/h4-7,10-11H,8-9H2,1-3H3,(H2,18,20,21). The molecule has 0 aliphatic carbocycles. The molecule has 6 heteroatoms. The van der Waals surface area contributed by atoms with E-state index in [-0.39, 0.29) is 6.03 Å². The second-order valence-electron chi connectivity index (χ2n) is 5.11. The van der Waals surface area contributed by atoms with Crippen LogP contribution in [-0.2, 0) is 4.74 Å². The number of methoxy groups -OCH3 is 1. The number of urea groups is 1. The molecule has 1 aromatic carbocycles. The number of aromatic nitrogens is 1. The van der Waals surface area contributed by atoms with Crippen LogP contribution in [0.2, 0.25) is 0 Å². The van der Waals surface area contributed by atoms with Crippen LogP contribution >= 0.6 is 0 Å². The number of rotatable bonds is 6. The molecule has 2 rings (SSSR count). The maximum Gasteiger partial charge on any atom is 0.319 e. The molecule has 0 saturated heterocycles. The van der Waals surface area contributed by atoms with Gasteiger partial charge in [-0.05, 0) is 43.2 Å². The molecule has 2 N–H and O–H groups in total. The van der Waals surface area contributed by atoms with E-state index >= 15 is 0 Å². The zero-order valence-corrected chi connectivity index (χ0v) is 13.6. The van der Waals surface area contributed by atoms with Gasteiger partial charge in [-0.15, -0.1) is 0 Å². The lowest BCUT2D eigenvalue weighted by molar-refractivity contribution is 0.198. The van der Waals surface area contributed by atoms with E-state index in [2.05, 4.69) is 22.5 Å². The summed E-state index contributed by atoms with van der Waals surface area (Å²) < 4.78 is 10.6. The van der Waals surface area contributed by atoms with E-state index in [1.54, 1.807) is 25.4 Å². The average Bonchev–Trinajstić information content (AvgIpc) is 2.53. The number of hydrogen-bond acceptors (Lipinski definition) is 4. The Balaban J connectivity index is 1.91. The van der Waals surface area contributed by atoms with Crippen molar-refractivity contribution >= 4 is 11.7 Å². The first kappa shape index (κ1) is 16.8. The summed E-state index contributed by atoms with van der Waals surface area (Å²) in [5.74, 6) is 1.21. The summed E-state index contributed by atoms with van der Waals surface area (Å²) in [6.45, 7) is 5.00. The number of carbonyl (C=O) groups excluding carboxylic acids is 1. The van der Waals surface area contributed by atoms with Gasteiger partial charge in [0.05, 0.1) is 18.5 Å². The number of aryl methyl sites for hydroxylation is 2. The molecule has 1 heterocycles. The van der Waals surface area contributed by atoms with Crippen molar-refractivity contribution in [3.63, 3.8) is 0 Å². The molecule has 23 heavy (non-hydrogen) atoms. The predicted molar refractivity (Wildman–Crippen MR) is 89.1 cm³/mol. The second kappa shape index (κ2) is 8.14. The molecule has 0 radical (unpaired) electrons. The first-order chi connectivity index (χ1) is 11.1. The molecule has 1 aromatic heterocycles. The Morgan fingerprint density at radius 2 is 2.00 bits per heavy atom. The molecule has 0 fully saturated rings. The molecule has 0 aliphatic heterocycles. The minimum absolute atomic E-state index is 0.299. The summed E-state index contributed by atoms with van der Waals surface area (Å²) >= 11 is 0. The van der Waals surface area contributed by atoms with Crippen LogP contribution in [0.3, 0.4) is 0 Å². The van der Waals surface area contributed by atoms with Gasteiger partial charge in [-0.25, -0.2) is 9.78 Å². The van der Waals surface area contributed by atoms with Crippen LogP contribution < -0.4 is 15.4 Å². The summed E-state index contributed by atoms with van der Waals surface area (Å²) in [5.41, 5.74) is 2.96. The summed E-state index contributed by atoms with van der Waals surface area (Å²) in [6, 6.07) is 9.02. The lowest BCUT2D eigenvalue weighted by Crippen LogP contribution is -2.31. The highest BCUT2D eigenvalue weighted by molar-refractivity contribution is 5.88. The van der Waals surface area contributed by atoms with Crippen molar-refractivity contribution in [2.75, 3.05) is 25.6 Å². The molecule has 0 bridgehead atoms. The SMILES string of the molecule is COCCNC(=O)Nc1ccc(Oc2ccc(C)c(C)c2)nc1. The van der Waals surface area contributed by atoms with E-state index < -0.39 is 0 Å². The van der Waals surface area contributed by atoms with Crippen molar-refractivity contribution in [1.29, 1.82) is 0 Å². The highest BCUT2D eigenvalue weighted by atomic mass is 16.5. The fourth-order valence-electron chi connectivity index (χ4n) is 1.85. The quantitative estimate of drug-likeness (QED) is 0.803. The third kappa shape index (κ3) is 5.27. The van der Waals surface area contributed by atoms with Crippen LogP contribution in [0.1, 0.15) is 11.1 Å². The van der Waals surface area contributed by atoms with Crippen molar-refractivity contribution in [2.45, 2.75) is 13.8 Å². The molecule has 6 nitrogen and oxygen atoms in total. The maximum atomic E-state index is 11.6. The van der Waals surface area contributed by atoms with Gasteiger partial charge in [0.15, 0.2) is 0 Å². The monoisotopic (exact) mass is 315 g/mol. The number of pyridine rings is 1. The van der Waals surface area contributed by atoms with Gasteiger partial charge in [-0.3, -0.25) is 0 Å². The lowest BCUT2D eigenvalue weighted by Gasteiger charge is -2.09. The number of carbonyl (C=O) groups is 1. The van der Waals surface area contributed by atoms with Crippen LogP contribution in [-0.4, -0.2) is 31.3 Å². The number of nitrogens with zero attached hydrogens (tertiary/aromatic N) is 1. The van der Waals surface area contributed by atoms with E-state index in [0.717, 1.165) is 11.3 Å². The third-order valence-corrected chi connectivity index (χ3v) is 3.29. The first-order valence-corrected chi connectivity index (χ1v) is 7.33. The minimum Gasteiger partial charge on any atom is -0.439 e.